The molecule has 9 heteroatoms. The van der Waals surface area contributed by atoms with E-state index in [9.17, 15) is 22.6 Å². The molecule has 0 radical (unpaired) electrons. The Bertz CT molecular complexity index is 503. The monoisotopic (exact) mass is 386 g/mol. The SMILES string of the molecule is CC/C=C/OC(=O)C(CC(=O)OCCCCCCCC)S(=O)(=O)[O-].[Na+]. The van der Waals surface area contributed by atoms with E-state index >= 15 is 0 Å². The molecule has 0 heterocycles. The van der Waals surface area contributed by atoms with Gasteiger partial charge in [-0.25, -0.2) is 8.42 Å². The maximum absolute atomic E-state index is 11.6. The van der Waals surface area contributed by atoms with E-state index in [1.807, 2.05) is 0 Å². The van der Waals surface area contributed by atoms with E-state index in [4.69, 9.17) is 4.74 Å². The van der Waals surface area contributed by atoms with Crippen molar-refractivity contribution in [3.05, 3.63) is 12.3 Å². The number of allylic oxidation sites excluding steroid dienone is 1. The van der Waals surface area contributed by atoms with E-state index < -0.39 is 33.7 Å². The molecule has 0 spiro atoms. The molecule has 0 aromatic carbocycles. The summed E-state index contributed by atoms with van der Waals surface area (Å²) in [6.07, 6.45) is 8.25. The number of hydrogen-bond acceptors (Lipinski definition) is 7. The van der Waals surface area contributed by atoms with Crippen LogP contribution in [0.2, 0.25) is 0 Å². The molecule has 0 rings (SSSR count). The second-order valence-electron chi connectivity index (χ2n) is 5.39. The molecular weight excluding hydrogens is 359 g/mol. The third-order valence-electron chi connectivity index (χ3n) is 3.24. The van der Waals surface area contributed by atoms with Gasteiger partial charge in [-0.1, -0.05) is 46.0 Å². The van der Waals surface area contributed by atoms with Crippen molar-refractivity contribution in [2.24, 2.45) is 0 Å². The van der Waals surface area contributed by atoms with Crippen LogP contribution < -0.4 is 29.6 Å². The summed E-state index contributed by atoms with van der Waals surface area (Å²) in [5.74, 6) is -2.17. The molecule has 0 aliphatic carbocycles. The summed E-state index contributed by atoms with van der Waals surface area (Å²) in [6, 6.07) is 0. The van der Waals surface area contributed by atoms with Gasteiger partial charge < -0.3 is 14.0 Å². The fraction of sp³-hybridized carbons (Fsp3) is 0.750. The molecule has 0 aliphatic rings. The molecule has 0 fully saturated rings. The van der Waals surface area contributed by atoms with E-state index in [0.29, 0.717) is 12.8 Å². The molecule has 0 saturated carbocycles. The molecule has 0 aliphatic heterocycles. The third kappa shape index (κ3) is 14.4. The number of carbonyl (C=O) groups is 2. The van der Waals surface area contributed by atoms with Crippen molar-refractivity contribution in [1.82, 2.24) is 0 Å². The normalized spacial score (nSPS) is 12.4. The van der Waals surface area contributed by atoms with Crippen LogP contribution >= 0.6 is 0 Å². The molecule has 1 unspecified atom stereocenters. The van der Waals surface area contributed by atoms with Crippen LogP contribution in [0.3, 0.4) is 0 Å². The van der Waals surface area contributed by atoms with Gasteiger partial charge in [-0.2, -0.15) is 0 Å². The first-order chi connectivity index (χ1) is 11.3. The van der Waals surface area contributed by atoms with Crippen molar-refractivity contribution in [1.29, 1.82) is 0 Å². The summed E-state index contributed by atoms with van der Waals surface area (Å²) in [4.78, 5) is 23.2. The third-order valence-corrected chi connectivity index (χ3v) is 4.30. The van der Waals surface area contributed by atoms with Gasteiger partial charge in [0.05, 0.1) is 19.3 Å². The van der Waals surface area contributed by atoms with Crippen LogP contribution in [0.5, 0.6) is 0 Å². The zero-order chi connectivity index (χ0) is 18.4. The van der Waals surface area contributed by atoms with Crippen LogP contribution in [0.4, 0.5) is 0 Å². The van der Waals surface area contributed by atoms with Gasteiger partial charge in [0.25, 0.3) is 0 Å². The molecule has 25 heavy (non-hydrogen) atoms. The van der Waals surface area contributed by atoms with E-state index in [0.717, 1.165) is 38.4 Å². The van der Waals surface area contributed by atoms with Gasteiger partial charge in [-0.05, 0) is 18.9 Å². The Hall–Kier alpha value is -0.410. The number of ether oxygens (including phenoxy) is 2. The van der Waals surface area contributed by atoms with Crippen LogP contribution in [0.1, 0.15) is 65.2 Å². The van der Waals surface area contributed by atoms with Crippen molar-refractivity contribution in [3.8, 4) is 0 Å². The number of esters is 2. The molecule has 1 atom stereocenters. The van der Waals surface area contributed by atoms with Crippen molar-refractivity contribution in [2.75, 3.05) is 6.61 Å². The molecule has 7 nitrogen and oxygen atoms in total. The quantitative estimate of drug-likeness (QED) is 0.140. The first kappa shape index (κ1) is 26.8. The van der Waals surface area contributed by atoms with Gasteiger partial charge in [0.1, 0.15) is 10.1 Å². The van der Waals surface area contributed by atoms with Gasteiger partial charge in [0.2, 0.25) is 0 Å². The Labute approximate surface area is 172 Å². The average molecular weight is 386 g/mol. The smallest absolute Gasteiger partial charge is 0.747 e. The molecule has 0 bridgehead atoms. The molecule has 0 aromatic heterocycles. The molecule has 0 amide bonds. The number of unbranched alkanes of at least 4 members (excludes halogenated alkanes) is 5. The first-order valence-corrected chi connectivity index (χ1v) is 9.75. The Morgan fingerprint density at radius 2 is 1.68 bits per heavy atom. The molecule has 0 N–H and O–H groups in total. The predicted molar refractivity (Wildman–Crippen MR) is 88.0 cm³/mol. The maximum Gasteiger partial charge on any atom is 1.00 e. The Morgan fingerprint density at radius 3 is 2.24 bits per heavy atom. The summed E-state index contributed by atoms with van der Waals surface area (Å²) in [6.45, 7) is 4.04. The van der Waals surface area contributed by atoms with Gasteiger partial charge in [0, 0.05) is 0 Å². The van der Waals surface area contributed by atoms with Crippen molar-refractivity contribution >= 4 is 22.1 Å². The van der Waals surface area contributed by atoms with Gasteiger partial charge in [0.15, 0.2) is 5.25 Å². The standard InChI is InChI=1S/C16H28O7S.Na/c1-3-5-7-8-9-10-12-22-15(17)13-14(24(19,20)21)16(18)23-11-6-4-2;/h6,11,14H,3-5,7-10,12-13H2,1-2H3,(H,19,20,21);/q;+1/p-1/b11-6+;. The van der Waals surface area contributed by atoms with Gasteiger partial charge in [-0.3, -0.25) is 9.59 Å². The van der Waals surface area contributed by atoms with Gasteiger partial charge >= 0.3 is 41.5 Å². The summed E-state index contributed by atoms with van der Waals surface area (Å²) in [5, 5.41) is -2.09. The Morgan fingerprint density at radius 1 is 1.08 bits per heavy atom. The first-order valence-electron chi connectivity index (χ1n) is 8.28. The number of hydrogen-bond donors (Lipinski definition) is 0. The summed E-state index contributed by atoms with van der Waals surface area (Å²) < 4.78 is 42.8. The predicted octanol–water partition coefficient (Wildman–Crippen LogP) is -0.335. The minimum Gasteiger partial charge on any atom is -0.747 e. The molecule has 0 aromatic rings. The van der Waals surface area contributed by atoms with Crippen LogP contribution in [0.15, 0.2) is 12.3 Å². The summed E-state index contributed by atoms with van der Waals surface area (Å²) in [7, 11) is -5.00. The van der Waals surface area contributed by atoms with Crippen LogP contribution in [-0.2, 0) is 29.2 Å². The molecule has 0 saturated heterocycles. The second-order valence-corrected chi connectivity index (χ2v) is 6.95. The topological polar surface area (TPSA) is 110 Å². The van der Waals surface area contributed by atoms with Crippen molar-refractivity contribution in [2.45, 2.75) is 70.5 Å². The fourth-order valence-electron chi connectivity index (χ4n) is 1.87. The number of rotatable bonds is 13. The Balaban J connectivity index is 0. The second kappa shape index (κ2) is 15.8. The Kier molecular flexibility index (Phi) is 17.0. The zero-order valence-corrected chi connectivity index (χ0v) is 18.2. The molecule has 140 valence electrons. The van der Waals surface area contributed by atoms with E-state index in [2.05, 4.69) is 11.7 Å². The van der Waals surface area contributed by atoms with Crippen LogP contribution in [0.25, 0.3) is 0 Å². The van der Waals surface area contributed by atoms with Crippen molar-refractivity contribution < 1.29 is 61.6 Å². The fourth-order valence-corrected chi connectivity index (χ4v) is 2.50. The maximum atomic E-state index is 11.6. The average Bonchev–Trinajstić information content (AvgIpc) is 2.50. The van der Waals surface area contributed by atoms with Gasteiger partial charge in [-0.15, -0.1) is 0 Å². The van der Waals surface area contributed by atoms with Crippen LogP contribution in [-0.4, -0.2) is 36.8 Å². The minimum atomic E-state index is -5.00. The zero-order valence-electron chi connectivity index (χ0n) is 15.4. The largest absolute Gasteiger partial charge is 1.00 e. The van der Waals surface area contributed by atoms with Crippen molar-refractivity contribution in [3.63, 3.8) is 0 Å². The van der Waals surface area contributed by atoms with E-state index in [1.54, 1.807) is 6.92 Å². The minimum absolute atomic E-state index is 0. The number of carbonyl (C=O) groups excluding carboxylic acids is 2. The molecular formula is C16H27NaO7S. The van der Waals surface area contributed by atoms with E-state index in [1.165, 1.54) is 6.08 Å². The summed E-state index contributed by atoms with van der Waals surface area (Å²) >= 11 is 0. The van der Waals surface area contributed by atoms with E-state index in [-0.39, 0.29) is 36.2 Å². The summed E-state index contributed by atoms with van der Waals surface area (Å²) in [5.41, 5.74) is 0. The van der Waals surface area contributed by atoms with Crippen LogP contribution in [0, 0.1) is 0 Å².